The monoisotopic (exact) mass is 1500 g/mol. The SMILES string of the molecule is CN(C)CCO.CN(C)CCOc1cccnc1C#N.CN(C)CCOc1cccnc1CCC(=O)c1nc(-c2ccc3ncn(C)c3c2)c(-c2ccc(F)cc2)nc1N.CN(C)CCOc1cccnc1CN.Cn1cnc2ccc(-c3nc(C(=O)O)c(N)nc3-c3ccc(F)cc3)cc21.N#Cc1ncccc1F. The van der Waals surface area contributed by atoms with Crippen LogP contribution in [0.3, 0.4) is 0 Å². The zero-order valence-electron chi connectivity index (χ0n) is 62.8. The molecule has 12 aromatic rings. The van der Waals surface area contributed by atoms with Crippen LogP contribution in [-0.2, 0) is 27.1 Å². The van der Waals surface area contributed by atoms with Gasteiger partial charge < -0.3 is 70.4 Å². The van der Waals surface area contributed by atoms with Crippen LogP contribution >= 0.6 is 0 Å². The number of aliphatic hydroxyl groups excluding tert-OH is 1. The van der Waals surface area contributed by atoms with Crippen LogP contribution in [0.15, 0.2) is 171 Å². The van der Waals surface area contributed by atoms with E-state index >= 15 is 0 Å². The number of carbonyl (C=O) groups is 2. The van der Waals surface area contributed by atoms with Gasteiger partial charge in [0, 0.05) is 107 Å². The Kier molecular flexibility index (Phi) is 32.7. The number of ether oxygens (including phenoxy) is 3. The third-order valence-electron chi connectivity index (χ3n) is 15.7. The Balaban J connectivity index is 0.000000206. The summed E-state index contributed by atoms with van der Waals surface area (Å²) < 4.78 is 59.9. The van der Waals surface area contributed by atoms with Crippen LogP contribution in [0.25, 0.3) is 67.1 Å². The van der Waals surface area contributed by atoms with Gasteiger partial charge in [-0.15, -0.1) is 0 Å². The molecule has 0 fully saturated rings. The summed E-state index contributed by atoms with van der Waals surface area (Å²) in [5.41, 5.74) is 26.7. The highest BCUT2D eigenvalue weighted by Crippen LogP contribution is 2.35. The molecule has 28 nitrogen and oxygen atoms in total. The Morgan fingerprint density at radius 1 is 0.491 bits per heavy atom. The van der Waals surface area contributed by atoms with E-state index in [0.717, 1.165) is 65.3 Å². The maximum atomic E-state index is 13.7. The second-order valence-electron chi connectivity index (χ2n) is 25.2. The fourth-order valence-corrected chi connectivity index (χ4v) is 9.90. The molecule has 0 aliphatic carbocycles. The molecule has 0 bridgehead atoms. The van der Waals surface area contributed by atoms with Gasteiger partial charge >= 0.3 is 5.97 Å². The maximum Gasteiger partial charge on any atom is 0.358 e. The molecular formula is C79H88F3N21O7. The number of likely N-dealkylation sites (N-methyl/N-ethyl adjacent to an activating group) is 4. The lowest BCUT2D eigenvalue weighted by molar-refractivity contribution is 0.0691. The van der Waals surface area contributed by atoms with Crippen molar-refractivity contribution in [3.05, 3.63) is 223 Å². The van der Waals surface area contributed by atoms with E-state index in [9.17, 15) is 27.9 Å². The molecule has 4 aromatic carbocycles. The first kappa shape index (κ1) is 84.5. The number of ketones is 1. The summed E-state index contributed by atoms with van der Waals surface area (Å²) in [4.78, 5) is 75.4. The minimum Gasteiger partial charge on any atom is -0.490 e. The number of nitrogen functional groups attached to an aromatic ring is 2. The number of hydrogen-bond acceptors (Lipinski definition) is 25. The number of imidazole rings is 2. The first-order valence-electron chi connectivity index (χ1n) is 34.3. The van der Waals surface area contributed by atoms with Crippen LogP contribution in [0.1, 0.15) is 50.2 Å². The standard InChI is InChI=1S/C30H30FN7O2.C19H14FN5O2.C10H17N3O.C10H13N3O.C6H3FN2.C4H11NO/c1-37(2)15-16-40-26-5-4-14-33-23(26)12-13-25(39)29-30(32)36-27(19-6-9-21(31)10-7-19)28(35-29)20-8-11-22-24(17-20)38(3)18-34-22;1-25-9-22-13-7-4-11(8-14(13)25)16-15(10-2-5-12(20)6-3-10)24-18(21)17(23-16)19(26)27;2*1-13(2)6-7-14-10-4-3-5-12-9(10)8-11;7-5-2-1-3-9-6(5)4-8;1-5(2)3-4-6/h4-11,14,17-18H,12-13,15-16H2,1-3H3,(H2,32,36);2-9H,1H3,(H2,21,24)(H,26,27);3-5H,6-8,11H2,1-2H3;3-5H,6-7H2,1-2H3;1-3H;6H,3-4H2,1-2H3. The number of anilines is 2. The summed E-state index contributed by atoms with van der Waals surface area (Å²) in [6, 6.07) is 39.9. The van der Waals surface area contributed by atoms with Gasteiger partial charge in [-0.2, -0.15) is 10.5 Å². The predicted molar refractivity (Wildman–Crippen MR) is 415 cm³/mol. The van der Waals surface area contributed by atoms with Crippen LogP contribution in [0.4, 0.5) is 24.8 Å². The van der Waals surface area contributed by atoms with Crippen LogP contribution in [0.5, 0.6) is 17.2 Å². The summed E-state index contributed by atoms with van der Waals surface area (Å²) in [5.74, 6) is -1.06. The van der Waals surface area contributed by atoms with Crippen molar-refractivity contribution < 1.29 is 47.2 Å². The third-order valence-corrected chi connectivity index (χ3v) is 15.7. The molecular weight excluding hydrogens is 1410 g/mol. The molecule has 8 N–H and O–H groups in total. The molecule has 0 aliphatic rings. The number of aliphatic hydroxyl groups is 1. The third kappa shape index (κ3) is 25.2. The maximum absolute atomic E-state index is 13.7. The van der Waals surface area contributed by atoms with Crippen molar-refractivity contribution in [2.45, 2.75) is 19.4 Å². The number of carboxylic acids is 1. The van der Waals surface area contributed by atoms with Crippen LogP contribution in [-0.4, -0.2) is 210 Å². The molecule has 0 saturated heterocycles. The molecule has 0 atom stereocenters. The number of carbonyl (C=O) groups excluding carboxylic acids is 1. The van der Waals surface area contributed by atoms with Gasteiger partial charge in [-0.25, -0.2) is 57.8 Å². The molecule has 31 heteroatoms. The lowest BCUT2D eigenvalue weighted by atomic mass is 10.0. The number of rotatable bonds is 24. The van der Waals surface area contributed by atoms with Crippen molar-refractivity contribution in [3.63, 3.8) is 0 Å². The Labute approximate surface area is 635 Å². The molecule has 0 amide bonds. The van der Waals surface area contributed by atoms with Crippen LogP contribution < -0.4 is 31.4 Å². The largest absolute Gasteiger partial charge is 0.490 e. The molecule has 0 spiro atoms. The number of hydrogen-bond donors (Lipinski definition) is 5. The molecule has 0 aliphatic heterocycles. The van der Waals surface area contributed by atoms with Gasteiger partial charge in [0.05, 0.1) is 75.5 Å². The minimum atomic E-state index is -1.27. The van der Waals surface area contributed by atoms with Crippen LogP contribution in [0, 0.1) is 40.1 Å². The van der Waals surface area contributed by atoms with E-state index in [1.54, 1.807) is 85.8 Å². The summed E-state index contributed by atoms with van der Waals surface area (Å²) >= 11 is 0. The van der Waals surface area contributed by atoms with Gasteiger partial charge in [0.2, 0.25) is 0 Å². The number of nitrogens with two attached hydrogens (primary N) is 3. The highest BCUT2D eigenvalue weighted by Gasteiger charge is 2.23. The first-order valence-corrected chi connectivity index (χ1v) is 34.3. The topological polar surface area (TPSA) is 380 Å². The van der Waals surface area contributed by atoms with Gasteiger partial charge in [-0.1, -0.05) is 12.1 Å². The van der Waals surface area contributed by atoms with E-state index in [4.69, 9.17) is 52.0 Å². The predicted octanol–water partition coefficient (Wildman–Crippen LogP) is 9.69. The van der Waals surface area contributed by atoms with E-state index in [1.807, 2.05) is 149 Å². The van der Waals surface area contributed by atoms with Gasteiger partial charge in [-0.05, 0) is 178 Å². The number of halogens is 3. The fraction of sp³-hybridized carbons (Fsp3) is 0.266. The number of Topliss-reactive ketones (excluding diaryl/α,β-unsaturated/α-hetero) is 1. The van der Waals surface area contributed by atoms with E-state index < -0.39 is 11.8 Å². The number of carboxylic acid groups (broad SMARTS) is 1. The zero-order valence-corrected chi connectivity index (χ0v) is 62.8. The van der Waals surface area contributed by atoms with E-state index in [-0.39, 0.29) is 59.2 Å². The number of nitrogens with zero attached hydrogens (tertiary/aromatic N) is 18. The molecule has 0 saturated carbocycles. The van der Waals surface area contributed by atoms with Gasteiger partial charge in [-0.3, -0.25) is 14.8 Å². The normalized spacial score (nSPS) is 10.7. The lowest BCUT2D eigenvalue weighted by Crippen LogP contribution is -2.20. The second kappa shape index (κ2) is 42.6. The van der Waals surface area contributed by atoms with E-state index in [2.05, 4.69) is 49.8 Å². The number of aryl methyl sites for hydroxylation is 3. The summed E-state index contributed by atoms with van der Waals surface area (Å²) in [6.07, 6.45) is 10.3. The Bertz CT molecular complexity index is 5070. The van der Waals surface area contributed by atoms with Crippen molar-refractivity contribution in [1.29, 1.82) is 10.5 Å². The van der Waals surface area contributed by atoms with Crippen molar-refractivity contribution in [1.82, 2.24) is 78.6 Å². The quantitative estimate of drug-likeness (QED) is 0.0351. The molecule has 0 radical (unpaired) electrons. The van der Waals surface area contributed by atoms with Crippen molar-refractivity contribution in [3.8, 4) is 74.4 Å². The zero-order chi connectivity index (χ0) is 79.8. The summed E-state index contributed by atoms with van der Waals surface area (Å²) in [6.45, 7) is 5.63. The summed E-state index contributed by atoms with van der Waals surface area (Å²) in [7, 11) is 19.5. The highest BCUT2D eigenvalue weighted by molar-refractivity contribution is 6.00. The molecule has 12 rings (SSSR count). The van der Waals surface area contributed by atoms with Gasteiger partial charge in [0.1, 0.15) is 60.8 Å². The number of nitriles is 2. The Morgan fingerprint density at radius 2 is 0.882 bits per heavy atom. The minimum absolute atomic E-state index is 0.0122. The first-order chi connectivity index (χ1) is 52.8. The van der Waals surface area contributed by atoms with Gasteiger partial charge in [0.15, 0.2) is 46.1 Å². The Hall–Kier alpha value is -12.8. The molecule has 110 heavy (non-hydrogen) atoms. The highest BCUT2D eigenvalue weighted by atomic mass is 19.1. The average molecular weight is 1500 g/mol. The van der Waals surface area contributed by atoms with E-state index in [1.165, 1.54) is 42.6 Å². The molecule has 0 unspecified atom stereocenters. The average Bonchev–Trinajstić information content (AvgIpc) is 1.26. The number of aromatic carboxylic acids is 1. The van der Waals surface area contributed by atoms with Crippen molar-refractivity contribution in [2.24, 2.45) is 19.8 Å². The smallest absolute Gasteiger partial charge is 0.358 e. The van der Waals surface area contributed by atoms with E-state index in [0.29, 0.717) is 95.1 Å². The molecule has 8 aromatic heterocycles. The lowest BCUT2D eigenvalue weighted by Gasteiger charge is -2.14. The molecule has 572 valence electrons. The summed E-state index contributed by atoms with van der Waals surface area (Å²) in [5, 5.41) is 34.5. The second-order valence-corrected chi connectivity index (χ2v) is 25.2. The van der Waals surface area contributed by atoms with Crippen molar-refractivity contribution in [2.75, 3.05) is 120 Å². The Morgan fingerprint density at radius 3 is 1.30 bits per heavy atom. The van der Waals surface area contributed by atoms with Gasteiger partial charge in [0.25, 0.3) is 0 Å². The fourth-order valence-electron chi connectivity index (χ4n) is 9.90. The number of fused-ring (bicyclic) bond motifs is 2. The number of benzene rings is 4. The number of aromatic nitrogens is 12. The molecule has 8 heterocycles. The number of pyridine rings is 4. The van der Waals surface area contributed by atoms with Crippen molar-refractivity contribution >= 4 is 45.5 Å². The van der Waals surface area contributed by atoms with Crippen LogP contribution in [0.2, 0.25) is 0 Å².